The molecule has 33 heavy (non-hydrogen) atoms. The molecule has 1 aromatic heterocycles. The molecule has 1 fully saturated rings. The topological polar surface area (TPSA) is 50.2 Å². The van der Waals surface area contributed by atoms with E-state index in [0.717, 1.165) is 29.9 Å². The van der Waals surface area contributed by atoms with Crippen LogP contribution < -0.4 is 5.32 Å². The minimum Gasteiger partial charge on any atom is -0.334 e. The first kappa shape index (κ1) is 23.4. The lowest BCUT2D eigenvalue weighted by Crippen LogP contribution is -2.38. The van der Waals surface area contributed by atoms with E-state index in [4.69, 9.17) is 0 Å². The van der Waals surface area contributed by atoms with Gasteiger partial charge in [-0.1, -0.05) is 49.4 Å². The maximum atomic E-state index is 13.1. The lowest BCUT2D eigenvalue weighted by atomic mass is 9.85. The van der Waals surface area contributed by atoms with Gasteiger partial charge in [0.05, 0.1) is 5.69 Å². The second-order valence-corrected chi connectivity index (χ2v) is 10.1. The molecule has 0 bridgehead atoms. The number of nitrogens with zero attached hydrogens (tertiary/aromatic N) is 3. The normalized spacial score (nSPS) is 21.4. The number of allylic oxidation sites excluding steroid dienone is 5. The number of aromatic nitrogens is 2. The number of amides is 2. The second-order valence-electron chi connectivity index (χ2n) is 8.74. The first-order valence-corrected chi connectivity index (χ1v) is 12.8. The molecule has 1 saturated heterocycles. The van der Waals surface area contributed by atoms with Gasteiger partial charge < -0.3 is 10.2 Å². The van der Waals surface area contributed by atoms with Crippen LogP contribution in [0.15, 0.2) is 71.2 Å². The minimum atomic E-state index is 0.00344. The molecule has 1 aliphatic carbocycles. The van der Waals surface area contributed by atoms with Crippen molar-refractivity contribution >= 4 is 17.8 Å². The molecule has 5 nitrogen and oxygen atoms in total. The average molecular weight is 463 g/mol. The maximum Gasteiger partial charge on any atom is 0.317 e. The van der Waals surface area contributed by atoms with Crippen LogP contribution in [0.4, 0.5) is 4.79 Å². The minimum absolute atomic E-state index is 0.00344. The van der Waals surface area contributed by atoms with E-state index in [-0.39, 0.29) is 17.9 Å². The Labute approximate surface area is 201 Å². The van der Waals surface area contributed by atoms with Crippen LogP contribution in [0.25, 0.3) is 0 Å². The van der Waals surface area contributed by atoms with Crippen molar-refractivity contribution in [1.82, 2.24) is 20.0 Å². The number of hydrogen-bond donors (Lipinski definition) is 1. The molecule has 1 aliphatic heterocycles. The third kappa shape index (κ3) is 5.80. The molecular weight excluding hydrogens is 428 g/mol. The van der Waals surface area contributed by atoms with Crippen molar-refractivity contribution in [3.05, 3.63) is 83.2 Å². The molecule has 4 rings (SSSR count). The molecule has 2 unspecified atom stereocenters. The van der Waals surface area contributed by atoms with Crippen LogP contribution in [0.5, 0.6) is 0 Å². The van der Waals surface area contributed by atoms with Crippen LogP contribution >= 0.6 is 11.8 Å². The molecular formula is C27H34N4OS. The molecule has 2 aliphatic rings. The SMILES string of the molecule is CCSc1ccc(CNC(=O)N2CC(C3=CC/C=C\CC=C3)C(c3cc(C)nn3C)C2)cc1. The summed E-state index contributed by atoms with van der Waals surface area (Å²) in [5.41, 5.74) is 4.66. The van der Waals surface area contributed by atoms with Crippen molar-refractivity contribution in [2.45, 2.75) is 44.0 Å². The Bertz CT molecular complexity index is 1050. The number of aryl methyl sites for hydroxylation is 2. The van der Waals surface area contributed by atoms with Gasteiger partial charge in [-0.3, -0.25) is 4.68 Å². The Morgan fingerprint density at radius 2 is 1.88 bits per heavy atom. The lowest BCUT2D eigenvalue weighted by Gasteiger charge is -2.20. The number of nitrogens with one attached hydrogen (secondary N) is 1. The van der Waals surface area contributed by atoms with Crippen LogP contribution in [0.2, 0.25) is 0 Å². The highest BCUT2D eigenvalue weighted by Crippen LogP contribution is 2.38. The van der Waals surface area contributed by atoms with Gasteiger partial charge in [-0.2, -0.15) is 5.10 Å². The highest BCUT2D eigenvalue weighted by molar-refractivity contribution is 7.99. The molecule has 174 valence electrons. The fourth-order valence-electron chi connectivity index (χ4n) is 4.77. The summed E-state index contributed by atoms with van der Waals surface area (Å²) in [6.07, 6.45) is 13.1. The van der Waals surface area contributed by atoms with Crippen molar-refractivity contribution in [2.75, 3.05) is 18.8 Å². The van der Waals surface area contributed by atoms with Crippen LogP contribution in [-0.4, -0.2) is 39.6 Å². The van der Waals surface area contributed by atoms with Gasteiger partial charge in [-0.15, -0.1) is 11.8 Å². The van der Waals surface area contributed by atoms with E-state index in [2.05, 4.69) is 78.1 Å². The molecule has 2 atom stereocenters. The third-order valence-corrected chi connectivity index (χ3v) is 7.26. The molecule has 2 aromatic rings. The number of rotatable bonds is 6. The highest BCUT2D eigenvalue weighted by atomic mass is 32.2. The van der Waals surface area contributed by atoms with Crippen LogP contribution in [0.1, 0.15) is 42.6 Å². The number of carbonyl (C=O) groups is 1. The highest BCUT2D eigenvalue weighted by Gasteiger charge is 2.39. The third-order valence-electron chi connectivity index (χ3n) is 6.37. The molecule has 2 heterocycles. The van der Waals surface area contributed by atoms with Crippen molar-refractivity contribution in [1.29, 1.82) is 0 Å². The van der Waals surface area contributed by atoms with Crippen LogP contribution in [-0.2, 0) is 13.6 Å². The van der Waals surface area contributed by atoms with E-state index in [1.54, 1.807) is 0 Å². The van der Waals surface area contributed by atoms with Gasteiger partial charge in [0.15, 0.2) is 0 Å². The maximum absolute atomic E-state index is 13.1. The summed E-state index contributed by atoms with van der Waals surface area (Å²) in [5.74, 6) is 1.55. The van der Waals surface area contributed by atoms with Gasteiger partial charge in [0, 0.05) is 49.1 Å². The standard InChI is InChI=1S/C27H34N4OS/c1-4-33-23-14-12-21(13-15-23)17-28-27(32)31-18-24(22-10-8-6-5-7-9-11-22)25(19-31)26-16-20(2)29-30(26)3/h5-6,9-16,24-25H,4,7-8,17-19H2,1-3H3,(H,28,32)/b6-5-,11-9?,22-10?. The Morgan fingerprint density at radius 1 is 1.12 bits per heavy atom. The zero-order valence-corrected chi connectivity index (χ0v) is 20.6. The van der Waals surface area contributed by atoms with Gasteiger partial charge in [-0.05, 0) is 54.9 Å². The van der Waals surface area contributed by atoms with E-state index >= 15 is 0 Å². The number of carbonyl (C=O) groups excluding carboxylic acids is 1. The van der Waals surface area contributed by atoms with Crippen molar-refractivity contribution in [3.8, 4) is 0 Å². The predicted octanol–water partition coefficient (Wildman–Crippen LogP) is 5.60. The summed E-state index contributed by atoms with van der Waals surface area (Å²) < 4.78 is 1.98. The Kier molecular flexibility index (Phi) is 7.76. The molecule has 0 saturated carbocycles. The van der Waals surface area contributed by atoms with Gasteiger partial charge in [-0.25, -0.2) is 4.79 Å². The molecule has 2 amide bonds. The largest absolute Gasteiger partial charge is 0.334 e. The summed E-state index contributed by atoms with van der Waals surface area (Å²) in [6.45, 7) is 6.14. The molecule has 0 radical (unpaired) electrons. The van der Waals surface area contributed by atoms with E-state index in [0.29, 0.717) is 19.6 Å². The fourth-order valence-corrected chi connectivity index (χ4v) is 5.43. The Balaban J connectivity index is 1.48. The number of benzene rings is 1. The van der Waals surface area contributed by atoms with Crippen molar-refractivity contribution in [3.63, 3.8) is 0 Å². The fraction of sp³-hybridized carbons (Fsp3) is 0.407. The van der Waals surface area contributed by atoms with Crippen LogP contribution in [0, 0.1) is 12.8 Å². The smallest absolute Gasteiger partial charge is 0.317 e. The lowest BCUT2D eigenvalue weighted by molar-refractivity contribution is 0.207. The molecule has 1 aromatic carbocycles. The van der Waals surface area contributed by atoms with Gasteiger partial charge >= 0.3 is 6.03 Å². The van der Waals surface area contributed by atoms with Gasteiger partial charge in [0.2, 0.25) is 0 Å². The predicted molar refractivity (Wildman–Crippen MR) is 136 cm³/mol. The molecule has 1 N–H and O–H groups in total. The number of likely N-dealkylation sites (tertiary alicyclic amines) is 1. The van der Waals surface area contributed by atoms with Crippen molar-refractivity contribution < 1.29 is 4.79 Å². The Morgan fingerprint density at radius 3 is 2.61 bits per heavy atom. The zero-order valence-electron chi connectivity index (χ0n) is 19.8. The summed E-state index contributed by atoms with van der Waals surface area (Å²) in [5, 5.41) is 7.72. The second kappa shape index (κ2) is 10.9. The van der Waals surface area contributed by atoms with Crippen LogP contribution in [0.3, 0.4) is 0 Å². The average Bonchev–Trinajstić information content (AvgIpc) is 3.36. The first-order valence-electron chi connectivity index (χ1n) is 11.8. The summed E-state index contributed by atoms with van der Waals surface area (Å²) in [7, 11) is 2.01. The summed E-state index contributed by atoms with van der Waals surface area (Å²) >= 11 is 1.83. The summed E-state index contributed by atoms with van der Waals surface area (Å²) in [4.78, 5) is 16.4. The monoisotopic (exact) mass is 462 g/mol. The first-order chi connectivity index (χ1) is 16.0. The molecule has 0 spiro atoms. The number of urea groups is 1. The van der Waals surface area contributed by atoms with Gasteiger partial charge in [0.1, 0.15) is 0 Å². The number of hydrogen-bond acceptors (Lipinski definition) is 3. The number of thioether (sulfide) groups is 1. The quantitative estimate of drug-likeness (QED) is 0.449. The zero-order chi connectivity index (χ0) is 23.2. The molecule has 6 heteroatoms. The van der Waals surface area contributed by atoms with E-state index in [1.165, 1.54) is 16.2 Å². The summed E-state index contributed by atoms with van der Waals surface area (Å²) in [6, 6.07) is 10.6. The van der Waals surface area contributed by atoms with E-state index in [9.17, 15) is 4.79 Å². The van der Waals surface area contributed by atoms with E-state index < -0.39 is 0 Å². The van der Waals surface area contributed by atoms with Gasteiger partial charge in [0.25, 0.3) is 0 Å². The van der Waals surface area contributed by atoms with Crippen molar-refractivity contribution in [2.24, 2.45) is 13.0 Å². The van der Waals surface area contributed by atoms with E-state index in [1.807, 2.05) is 35.3 Å². The Hall–Kier alpha value is -2.73.